The van der Waals surface area contributed by atoms with Crippen molar-refractivity contribution in [3.8, 4) is 5.75 Å². The maximum absolute atomic E-state index is 12.5. The van der Waals surface area contributed by atoms with Crippen LogP contribution in [0.4, 0.5) is 11.4 Å². The van der Waals surface area contributed by atoms with Crippen LogP contribution in [-0.4, -0.2) is 58.8 Å². The summed E-state index contributed by atoms with van der Waals surface area (Å²) in [6.07, 6.45) is 2.55. The molecule has 0 saturated carbocycles. The summed E-state index contributed by atoms with van der Waals surface area (Å²) in [6.45, 7) is 10.1. The van der Waals surface area contributed by atoms with E-state index in [1.807, 2.05) is 12.1 Å². The molecule has 0 bridgehead atoms. The minimum atomic E-state index is 0.104. The summed E-state index contributed by atoms with van der Waals surface area (Å²) in [5, 5.41) is 3.08. The van der Waals surface area contributed by atoms with Crippen molar-refractivity contribution in [2.24, 2.45) is 0 Å². The van der Waals surface area contributed by atoms with E-state index in [0.717, 1.165) is 57.3 Å². The van der Waals surface area contributed by atoms with Gasteiger partial charge in [-0.05, 0) is 56.2 Å². The molecular formula is C25H36N4O2+2. The summed E-state index contributed by atoms with van der Waals surface area (Å²) in [6, 6.07) is 14.7. The number of aryl methyl sites for hydroxylation is 1. The third kappa shape index (κ3) is 5.77. The SMILES string of the molecule is COc1ccc(C)cc1C[NH+]1CC[NH+](CC(=O)Nc2ccc(N3CCCC3)cc2)CC1. The summed E-state index contributed by atoms with van der Waals surface area (Å²) in [5.74, 6) is 1.08. The second-order valence-corrected chi connectivity index (χ2v) is 8.96. The summed E-state index contributed by atoms with van der Waals surface area (Å²) in [5.41, 5.74) is 4.69. The highest BCUT2D eigenvalue weighted by Gasteiger charge is 2.25. The maximum Gasteiger partial charge on any atom is 0.279 e. The number of amides is 1. The van der Waals surface area contributed by atoms with Crippen LogP contribution in [0.5, 0.6) is 5.75 Å². The Bertz CT molecular complexity index is 870. The number of carbonyl (C=O) groups is 1. The minimum Gasteiger partial charge on any atom is -0.496 e. The zero-order valence-electron chi connectivity index (χ0n) is 18.9. The van der Waals surface area contributed by atoms with Crippen molar-refractivity contribution in [3.63, 3.8) is 0 Å². The van der Waals surface area contributed by atoms with Gasteiger partial charge in [-0.15, -0.1) is 0 Å². The Morgan fingerprint density at radius 2 is 1.68 bits per heavy atom. The van der Waals surface area contributed by atoms with E-state index in [2.05, 4.69) is 47.5 Å². The zero-order chi connectivity index (χ0) is 21.6. The van der Waals surface area contributed by atoms with E-state index < -0.39 is 0 Å². The minimum absolute atomic E-state index is 0.104. The van der Waals surface area contributed by atoms with Crippen LogP contribution in [0.3, 0.4) is 0 Å². The van der Waals surface area contributed by atoms with Crippen LogP contribution in [0.15, 0.2) is 42.5 Å². The number of quaternary nitrogens is 2. The first kappa shape index (κ1) is 21.7. The van der Waals surface area contributed by atoms with E-state index in [-0.39, 0.29) is 5.91 Å². The Labute approximate surface area is 185 Å². The fraction of sp³-hybridized carbons (Fsp3) is 0.480. The number of carbonyl (C=O) groups excluding carboxylic acids is 1. The number of nitrogens with one attached hydrogen (secondary N) is 3. The molecule has 0 radical (unpaired) electrons. The predicted molar refractivity (Wildman–Crippen MR) is 124 cm³/mol. The molecule has 2 aliphatic rings. The van der Waals surface area contributed by atoms with Gasteiger partial charge in [0, 0.05) is 30.0 Å². The molecule has 3 N–H and O–H groups in total. The zero-order valence-corrected chi connectivity index (χ0v) is 18.9. The number of benzene rings is 2. The highest BCUT2D eigenvalue weighted by molar-refractivity contribution is 5.91. The van der Waals surface area contributed by atoms with E-state index in [4.69, 9.17) is 4.74 Å². The molecule has 0 atom stereocenters. The molecule has 6 nitrogen and oxygen atoms in total. The predicted octanol–water partition coefficient (Wildman–Crippen LogP) is 0.526. The van der Waals surface area contributed by atoms with Gasteiger partial charge in [0.25, 0.3) is 5.91 Å². The lowest BCUT2D eigenvalue weighted by molar-refractivity contribution is -1.02. The molecule has 2 heterocycles. The fourth-order valence-corrected chi connectivity index (χ4v) is 4.79. The molecular weight excluding hydrogens is 388 g/mol. The molecule has 2 aromatic carbocycles. The van der Waals surface area contributed by atoms with Gasteiger partial charge in [-0.2, -0.15) is 0 Å². The molecule has 166 valence electrons. The van der Waals surface area contributed by atoms with Crippen LogP contribution in [0.1, 0.15) is 24.0 Å². The number of anilines is 2. The molecule has 2 aliphatic heterocycles. The van der Waals surface area contributed by atoms with E-state index in [1.54, 1.807) is 12.0 Å². The van der Waals surface area contributed by atoms with Crippen molar-refractivity contribution in [1.82, 2.24) is 0 Å². The third-order valence-electron chi connectivity index (χ3n) is 6.57. The standard InChI is InChI=1S/C25H34N4O2/c1-20-5-10-24(31-2)21(17-20)18-27-13-15-28(16-14-27)19-25(30)26-22-6-8-23(9-7-22)29-11-3-4-12-29/h5-10,17H,3-4,11-16,18-19H2,1-2H3,(H,26,30)/p+2. The highest BCUT2D eigenvalue weighted by Crippen LogP contribution is 2.22. The first-order valence-electron chi connectivity index (χ1n) is 11.6. The van der Waals surface area contributed by atoms with E-state index in [1.165, 1.54) is 34.6 Å². The molecule has 2 saturated heterocycles. The van der Waals surface area contributed by atoms with Crippen LogP contribution in [0, 0.1) is 6.92 Å². The number of hydrogen-bond donors (Lipinski definition) is 3. The number of nitrogens with zero attached hydrogens (tertiary/aromatic N) is 1. The molecule has 4 rings (SSSR count). The van der Waals surface area contributed by atoms with Crippen molar-refractivity contribution in [3.05, 3.63) is 53.6 Å². The molecule has 6 heteroatoms. The molecule has 0 aromatic heterocycles. The number of piperazine rings is 1. The summed E-state index contributed by atoms with van der Waals surface area (Å²) in [7, 11) is 1.74. The Kier molecular flexibility index (Phi) is 7.10. The average molecular weight is 425 g/mol. The molecule has 0 unspecified atom stereocenters. The Hall–Kier alpha value is -2.57. The van der Waals surface area contributed by atoms with Crippen molar-refractivity contribution in [1.29, 1.82) is 0 Å². The van der Waals surface area contributed by atoms with Crippen LogP contribution in [0.25, 0.3) is 0 Å². The number of methoxy groups -OCH3 is 1. The lowest BCUT2D eigenvalue weighted by Gasteiger charge is -2.29. The topological polar surface area (TPSA) is 50.5 Å². The second-order valence-electron chi connectivity index (χ2n) is 8.96. The van der Waals surface area contributed by atoms with Gasteiger partial charge < -0.3 is 24.8 Å². The van der Waals surface area contributed by atoms with Crippen molar-refractivity contribution >= 4 is 17.3 Å². The van der Waals surface area contributed by atoms with Crippen molar-refractivity contribution in [2.75, 3.05) is 63.1 Å². The quantitative estimate of drug-likeness (QED) is 0.608. The first-order chi connectivity index (χ1) is 15.1. The van der Waals surface area contributed by atoms with Crippen molar-refractivity contribution < 1.29 is 19.3 Å². The Balaban J connectivity index is 1.22. The molecule has 2 fully saturated rings. The van der Waals surface area contributed by atoms with Gasteiger partial charge in [0.15, 0.2) is 6.54 Å². The van der Waals surface area contributed by atoms with Crippen molar-refractivity contribution in [2.45, 2.75) is 26.3 Å². The number of rotatable bonds is 7. The van der Waals surface area contributed by atoms with Gasteiger partial charge in [-0.1, -0.05) is 11.6 Å². The van der Waals surface area contributed by atoms with Gasteiger partial charge in [0.1, 0.15) is 38.5 Å². The van der Waals surface area contributed by atoms with Crippen LogP contribution in [0.2, 0.25) is 0 Å². The van der Waals surface area contributed by atoms with Gasteiger partial charge >= 0.3 is 0 Å². The maximum atomic E-state index is 12.5. The molecule has 0 aliphatic carbocycles. The Morgan fingerprint density at radius 1 is 1.00 bits per heavy atom. The summed E-state index contributed by atoms with van der Waals surface area (Å²) < 4.78 is 5.53. The van der Waals surface area contributed by atoms with Gasteiger partial charge in [-0.3, -0.25) is 4.79 Å². The monoisotopic (exact) mass is 424 g/mol. The smallest absolute Gasteiger partial charge is 0.279 e. The average Bonchev–Trinajstić information content (AvgIpc) is 3.31. The van der Waals surface area contributed by atoms with Crippen LogP contribution < -0.4 is 24.8 Å². The summed E-state index contributed by atoms with van der Waals surface area (Å²) >= 11 is 0. The van der Waals surface area contributed by atoms with E-state index in [0.29, 0.717) is 6.54 Å². The van der Waals surface area contributed by atoms with Gasteiger partial charge in [0.05, 0.1) is 7.11 Å². The normalized spacial score (nSPS) is 21.2. The van der Waals surface area contributed by atoms with E-state index in [9.17, 15) is 4.79 Å². The molecule has 31 heavy (non-hydrogen) atoms. The van der Waals surface area contributed by atoms with Gasteiger partial charge in [0.2, 0.25) is 0 Å². The molecule has 1 amide bonds. The van der Waals surface area contributed by atoms with Gasteiger partial charge in [-0.25, -0.2) is 0 Å². The lowest BCUT2D eigenvalue weighted by Crippen LogP contribution is -3.28. The van der Waals surface area contributed by atoms with E-state index >= 15 is 0 Å². The molecule has 2 aromatic rings. The number of hydrogen-bond acceptors (Lipinski definition) is 3. The Morgan fingerprint density at radius 3 is 2.35 bits per heavy atom. The first-order valence-corrected chi connectivity index (χ1v) is 11.6. The lowest BCUT2D eigenvalue weighted by atomic mass is 10.1. The number of ether oxygens (including phenoxy) is 1. The fourth-order valence-electron chi connectivity index (χ4n) is 4.79. The largest absolute Gasteiger partial charge is 0.496 e. The highest BCUT2D eigenvalue weighted by atomic mass is 16.5. The van der Waals surface area contributed by atoms with Crippen LogP contribution in [-0.2, 0) is 11.3 Å². The summed E-state index contributed by atoms with van der Waals surface area (Å²) in [4.78, 5) is 17.9. The molecule has 0 spiro atoms. The third-order valence-corrected chi connectivity index (χ3v) is 6.57. The van der Waals surface area contributed by atoms with Crippen LogP contribution >= 0.6 is 0 Å². The second kappa shape index (κ2) is 10.2.